The van der Waals surface area contributed by atoms with Crippen LogP contribution in [0.2, 0.25) is 0 Å². The molecule has 0 saturated carbocycles. The van der Waals surface area contributed by atoms with Crippen molar-refractivity contribution in [2.24, 2.45) is 0 Å². The molecule has 82 valence electrons. The number of alkyl halides is 3. The lowest BCUT2D eigenvalue weighted by Crippen LogP contribution is -2.00. The molecule has 15 heavy (non-hydrogen) atoms. The monoisotopic (exact) mass is 302 g/mol. The van der Waals surface area contributed by atoms with Crippen molar-refractivity contribution < 1.29 is 18.1 Å². The third-order valence-electron chi connectivity index (χ3n) is 1.22. The van der Waals surface area contributed by atoms with E-state index < -0.39 is 28.0 Å². The van der Waals surface area contributed by atoms with Gasteiger partial charge in [-0.15, -0.1) is 0 Å². The van der Waals surface area contributed by atoms with E-state index in [1.165, 1.54) is 0 Å². The van der Waals surface area contributed by atoms with Crippen LogP contribution in [0.4, 0.5) is 19.0 Å². The van der Waals surface area contributed by atoms with E-state index in [2.05, 4.69) is 20.9 Å². The van der Waals surface area contributed by atoms with Crippen LogP contribution >= 0.6 is 27.7 Å². The van der Waals surface area contributed by atoms with E-state index in [0.29, 0.717) is 0 Å². The first-order valence-corrected chi connectivity index (χ1v) is 4.96. The van der Waals surface area contributed by atoms with Crippen LogP contribution in [0.5, 0.6) is 0 Å². The average molecular weight is 303 g/mol. The second-order valence-corrected chi connectivity index (χ2v) is 4.24. The molecule has 0 saturated heterocycles. The van der Waals surface area contributed by atoms with Gasteiger partial charge in [-0.1, -0.05) is 0 Å². The summed E-state index contributed by atoms with van der Waals surface area (Å²) in [6.45, 7) is 0. The van der Waals surface area contributed by atoms with Gasteiger partial charge in [0.05, 0.1) is 10.5 Å². The minimum Gasteiger partial charge on any atom is -0.358 e. The number of thioether (sulfide) groups is 1. The lowest BCUT2D eigenvalue weighted by molar-refractivity contribution is -0.389. The number of nitrogens with zero attached hydrogens (tertiary/aromatic N) is 2. The molecule has 0 amide bonds. The first kappa shape index (κ1) is 12.2. The Morgan fingerprint density at radius 3 is 2.60 bits per heavy atom. The van der Waals surface area contributed by atoms with Crippen LogP contribution in [0.3, 0.4) is 0 Å². The van der Waals surface area contributed by atoms with Gasteiger partial charge in [-0.05, 0) is 37.6 Å². The van der Waals surface area contributed by atoms with Gasteiger partial charge in [0.15, 0.2) is 6.20 Å². The van der Waals surface area contributed by atoms with Gasteiger partial charge in [0.1, 0.15) is 0 Å². The Balaban J connectivity index is 3.06. The third-order valence-corrected chi connectivity index (χ3v) is 2.90. The normalized spacial score (nSPS) is 11.5. The molecule has 1 heterocycles. The van der Waals surface area contributed by atoms with Crippen molar-refractivity contribution in [3.63, 3.8) is 0 Å². The molecule has 0 spiro atoms. The van der Waals surface area contributed by atoms with Crippen molar-refractivity contribution in [3.8, 4) is 0 Å². The number of hydrogen-bond acceptors (Lipinski definition) is 4. The molecule has 1 aromatic heterocycles. The van der Waals surface area contributed by atoms with Gasteiger partial charge in [-0.2, -0.15) is 13.2 Å². The second-order valence-electron chi connectivity index (χ2n) is 2.28. The van der Waals surface area contributed by atoms with E-state index in [1.54, 1.807) is 0 Å². The minimum atomic E-state index is -4.49. The fourth-order valence-corrected chi connectivity index (χ4v) is 1.74. The lowest BCUT2D eigenvalue weighted by Gasteiger charge is -2.05. The number of halogens is 4. The summed E-state index contributed by atoms with van der Waals surface area (Å²) in [5.41, 5.74) is -4.49. The molecule has 0 aliphatic rings. The molecule has 0 atom stereocenters. The third kappa shape index (κ3) is 3.67. The number of aromatic nitrogens is 1. The highest BCUT2D eigenvalue weighted by atomic mass is 79.9. The Hall–Kier alpha value is -0.830. The van der Waals surface area contributed by atoms with Crippen molar-refractivity contribution >= 4 is 33.5 Å². The molecular weight excluding hydrogens is 301 g/mol. The number of hydrogen-bond donors (Lipinski definition) is 0. The van der Waals surface area contributed by atoms with Crippen molar-refractivity contribution in [1.29, 1.82) is 0 Å². The van der Waals surface area contributed by atoms with E-state index in [9.17, 15) is 23.3 Å². The van der Waals surface area contributed by atoms with Gasteiger partial charge in [0.25, 0.3) is 0 Å². The summed E-state index contributed by atoms with van der Waals surface area (Å²) in [4.78, 5) is 12.5. The van der Waals surface area contributed by atoms with Gasteiger partial charge in [0.2, 0.25) is 0 Å². The highest BCUT2D eigenvalue weighted by Crippen LogP contribution is 2.40. The van der Waals surface area contributed by atoms with E-state index in [4.69, 9.17) is 0 Å². The van der Waals surface area contributed by atoms with Crippen LogP contribution < -0.4 is 0 Å². The predicted molar refractivity (Wildman–Crippen MR) is 50.5 cm³/mol. The van der Waals surface area contributed by atoms with Gasteiger partial charge >= 0.3 is 11.3 Å². The molecule has 9 heteroatoms. The number of nitro groups is 1. The quantitative estimate of drug-likeness (QED) is 0.477. The average Bonchev–Trinajstić information content (AvgIpc) is 2.06. The fraction of sp³-hybridized carbons (Fsp3) is 0.167. The summed E-state index contributed by atoms with van der Waals surface area (Å²) in [7, 11) is 0. The van der Waals surface area contributed by atoms with Gasteiger partial charge in [-0.3, -0.25) is 0 Å². The fourth-order valence-electron chi connectivity index (χ4n) is 0.713. The second kappa shape index (κ2) is 4.35. The summed E-state index contributed by atoms with van der Waals surface area (Å²) in [6, 6.07) is 0.766. The standard InChI is InChI=1S/C6H2BrF3N2O2S/c7-3-2-11-5(12(13)14)1-4(3)15-6(8,9)10/h1-2H. The van der Waals surface area contributed by atoms with Crippen LogP contribution in [0.15, 0.2) is 21.6 Å². The zero-order chi connectivity index (χ0) is 11.6. The Bertz CT molecular complexity index is 398. The van der Waals surface area contributed by atoms with Gasteiger partial charge < -0.3 is 10.1 Å². The smallest absolute Gasteiger partial charge is 0.358 e. The summed E-state index contributed by atoms with van der Waals surface area (Å²) >= 11 is 2.39. The molecule has 0 radical (unpaired) electrons. The number of pyridine rings is 1. The maximum absolute atomic E-state index is 12.0. The Labute approximate surface area is 94.2 Å². The molecule has 1 aromatic rings. The molecule has 4 nitrogen and oxygen atoms in total. The highest BCUT2D eigenvalue weighted by molar-refractivity contribution is 9.10. The first-order chi connectivity index (χ1) is 6.79. The molecule has 0 aromatic carbocycles. The number of rotatable bonds is 2. The van der Waals surface area contributed by atoms with Crippen LogP contribution in [0.1, 0.15) is 0 Å². The molecule has 0 aliphatic heterocycles. The Kier molecular flexibility index (Phi) is 3.55. The minimum absolute atomic E-state index is 0.0652. The molecule has 0 fully saturated rings. The summed E-state index contributed by atoms with van der Waals surface area (Å²) < 4.78 is 36.1. The Morgan fingerprint density at radius 2 is 2.13 bits per heavy atom. The van der Waals surface area contributed by atoms with Crippen LogP contribution in [-0.4, -0.2) is 15.4 Å². The van der Waals surface area contributed by atoms with E-state index >= 15 is 0 Å². The Morgan fingerprint density at radius 1 is 1.53 bits per heavy atom. The largest absolute Gasteiger partial charge is 0.446 e. The van der Waals surface area contributed by atoms with E-state index in [0.717, 1.165) is 12.3 Å². The first-order valence-electron chi connectivity index (χ1n) is 3.35. The maximum atomic E-state index is 12.0. The summed E-state index contributed by atoms with van der Waals surface area (Å²) in [5, 5.41) is 10.3. The van der Waals surface area contributed by atoms with Crippen molar-refractivity contribution in [2.45, 2.75) is 10.4 Å². The molecule has 1 rings (SSSR count). The van der Waals surface area contributed by atoms with E-state index in [-0.39, 0.29) is 9.37 Å². The highest BCUT2D eigenvalue weighted by Gasteiger charge is 2.31. The SMILES string of the molecule is O=[N+]([O-])c1cc(SC(F)(F)F)c(Br)cn1. The zero-order valence-electron chi connectivity index (χ0n) is 6.79. The van der Waals surface area contributed by atoms with Crippen molar-refractivity contribution in [1.82, 2.24) is 4.98 Å². The topological polar surface area (TPSA) is 56.0 Å². The van der Waals surface area contributed by atoms with Gasteiger partial charge in [-0.25, -0.2) is 0 Å². The van der Waals surface area contributed by atoms with Crippen LogP contribution in [-0.2, 0) is 0 Å². The molecular formula is C6H2BrF3N2O2S. The predicted octanol–water partition coefficient (Wildman–Crippen LogP) is 3.36. The van der Waals surface area contributed by atoms with Crippen LogP contribution in [0, 0.1) is 10.1 Å². The van der Waals surface area contributed by atoms with Crippen LogP contribution in [0.25, 0.3) is 0 Å². The summed E-state index contributed by atoms with van der Waals surface area (Å²) in [5.74, 6) is -0.620. The van der Waals surface area contributed by atoms with E-state index in [1.807, 2.05) is 0 Å². The molecule has 0 N–H and O–H groups in total. The maximum Gasteiger partial charge on any atom is 0.446 e. The van der Waals surface area contributed by atoms with Gasteiger partial charge in [0, 0.05) is 4.90 Å². The van der Waals surface area contributed by atoms with Crippen molar-refractivity contribution in [2.75, 3.05) is 0 Å². The zero-order valence-corrected chi connectivity index (χ0v) is 9.19. The summed E-state index contributed by atoms with van der Waals surface area (Å²) in [6.07, 6.45) is 0.964. The van der Waals surface area contributed by atoms with Crippen molar-refractivity contribution in [3.05, 3.63) is 26.9 Å². The molecule has 0 bridgehead atoms. The molecule has 0 aliphatic carbocycles. The molecule has 0 unspecified atom stereocenters. The lowest BCUT2D eigenvalue weighted by atomic mass is 10.5.